The molecule has 0 radical (unpaired) electrons. The molecule has 0 aliphatic carbocycles. The molecule has 3 heterocycles. The number of carbonyl (C=O) groups excluding carboxylic acids is 1. The third-order valence-corrected chi connectivity index (χ3v) is 7.46. The summed E-state index contributed by atoms with van der Waals surface area (Å²) in [6, 6.07) is 7.12. The number of rotatable bonds is 4. The minimum atomic E-state index is -3.12. The molecule has 4 rings (SSSR count). The van der Waals surface area contributed by atoms with Crippen molar-refractivity contribution in [3.05, 3.63) is 42.2 Å². The first-order valence-corrected chi connectivity index (χ1v) is 11.4. The molecule has 2 fully saturated rings. The molecule has 27 heavy (non-hydrogen) atoms. The zero-order valence-electron chi connectivity index (χ0n) is 15.5. The second-order valence-corrected chi connectivity index (χ2v) is 9.66. The van der Waals surface area contributed by atoms with E-state index in [1.165, 1.54) is 0 Å². The number of amides is 1. The summed E-state index contributed by atoms with van der Waals surface area (Å²) in [6.45, 7) is 4.34. The van der Waals surface area contributed by atoms with Gasteiger partial charge in [0.05, 0.1) is 17.5 Å². The van der Waals surface area contributed by atoms with Gasteiger partial charge in [-0.25, -0.2) is 8.42 Å². The van der Waals surface area contributed by atoms with Crippen LogP contribution in [0.25, 0.3) is 10.8 Å². The second-order valence-electron chi connectivity index (χ2n) is 7.50. The lowest BCUT2D eigenvalue weighted by atomic mass is 10.0. The van der Waals surface area contributed by atoms with Crippen molar-refractivity contribution in [3.8, 4) is 0 Å². The van der Waals surface area contributed by atoms with Crippen LogP contribution in [0, 0.1) is 0 Å². The Morgan fingerprint density at radius 1 is 1.19 bits per heavy atom. The zero-order valence-corrected chi connectivity index (χ0v) is 16.4. The largest absolute Gasteiger partial charge is 0.332 e. The van der Waals surface area contributed by atoms with Crippen molar-refractivity contribution in [3.63, 3.8) is 0 Å². The van der Waals surface area contributed by atoms with Crippen molar-refractivity contribution in [1.29, 1.82) is 0 Å². The molecule has 2 aliphatic heterocycles. The molecule has 0 saturated carbocycles. The molecule has 144 valence electrons. The van der Waals surface area contributed by atoms with E-state index >= 15 is 0 Å². The van der Waals surface area contributed by atoms with E-state index in [9.17, 15) is 13.2 Å². The summed E-state index contributed by atoms with van der Waals surface area (Å²) in [7, 11) is -3.12. The predicted octanol–water partition coefficient (Wildman–Crippen LogP) is 1.96. The van der Waals surface area contributed by atoms with Gasteiger partial charge in [0.25, 0.3) is 5.91 Å². The molecule has 2 saturated heterocycles. The summed E-state index contributed by atoms with van der Waals surface area (Å²) < 4.78 is 24.7. The maximum atomic E-state index is 13.4. The SMILES string of the molecule is CCCCN1CCN(C(=O)c2cccc3cnccc23)[C@H]2CS(=O)(=O)C[C@H]21. The third-order valence-electron chi connectivity index (χ3n) is 5.76. The van der Waals surface area contributed by atoms with Gasteiger partial charge in [0, 0.05) is 42.5 Å². The van der Waals surface area contributed by atoms with Crippen molar-refractivity contribution in [2.75, 3.05) is 31.1 Å². The minimum Gasteiger partial charge on any atom is -0.332 e. The Bertz CT molecular complexity index is 955. The van der Waals surface area contributed by atoms with Crippen molar-refractivity contribution in [2.45, 2.75) is 31.8 Å². The fourth-order valence-corrected chi connectivity index (χ4v) is 6.39. The number of hydrogen-bond donors (Lipinski definition) is 0. The number of nitrogens with zero attached hydrogens (tertiary/aromatic N) is 3. The van der Waals surface area contributed by atoms with Crippen LogP contribution in [0.5, 0.6) is 0 Å². The molecular weight excluding hydrogens is 362 g/mol. The molecule has 2 aromatic rings. The number of fused-ring (bicyclic) bond motifs is 2. The second kappa shape index (κ2) is 7.20. The van der Waals surface area contributed by atoms with Gasteiger partial charge in [-0.05, 0) is 30.5 Å². The number of piperazine rings is 1. The van der Waals surface area contributed by atoms with Crippen LogP contribution in [0.4, 0.5) is 0 Å². The maximum absolute atomic E-state index is 13.4. The van der Waals surface area contributed by atoms with Gasteiger partial charge in [-0.1, -0.05) is 25.5 Å². The quantitative estimate of drug-likeness (QED) is 0.802. The summed E-state index contributed by atoms with van der Waals surface area (Å²) in [5, 5.41) is 1.78. The summed E-state index contributed by atoms with van der Waals surface area (Å²) in [4.78, 5) is 21.6. The Morgan fingerprint density at radius 3 is 2.81 bits per heavy atom. The van der Waals surface area contributed by atoms with Gasteiger partial charge in [0.15, 0.2) is 9.84 Å². The molecular formula is C20H25N3O3S. The summed E-state index contributed by atoms with van der Waals surface area (Å²) in [6.07, 6.45) is 5.56. The molecule has 2 atom stereocenters. The minimum absolute atomic E-state index is 0.0678. The number of sulfone groups is 1. The van der Waals surface area contributed by atoms with E-state index in [0.29, 0.717) is 12.1 Å². The van der Waals surface area contributed by atoms with Crippen LogP contribution in [0.2, 0.25) is 0 Å². The van der Waals surface area contributed by atoms with E-state index < -0.39 is 9.84 Å². The molecule has 1 amide bonds. The smallest absolute Gasteiger partial charge is 0.254 e. The van der Waals surface area contributed by atoms with Gasteiger partial charge < -0.3 is 4.90 Å². The van der Waals surface area contributed by atoms with Crippen molar-refractivity contribution >= 4 is 26.5 Å². The van der Waals surface area contributed by atoms with Crippen molar-refractivity contribution < 1.29 is 13.2 Å². The van der Waals surface area contributed by atoms with E-state index in [-0.39, 0.29) is 29.5 Å². The third kappa shape index (κ3) is 3.46. The summed E-state index contributed by atoms with van der Waals surface area (Å²) >= 11 is 0. The average Bonchev–Trinajstić information content (AvgIpc) is 3.00. The maximum Gasteiger partial charge on any atom is 0.254 e. The monoisotopic (exact) mass is 387 g/mol. The standard InChI is InChI=1S/C20H25N3O3S/c1-2-3-9-22-10-11-23(19-14-27(25,26)13-18(19)22)20(24)17-6-4-5-15-12-21-8-7-16(15)17/h4-8,12,18-19H,2-3,9-11,13-14H2,1H3/t18-,19+/m1/s1. The van der Waals surface area contributed by atoms with Crippen LogP contribution >= 0.6 is 0 Å². The number of unbranched alkanes of at least 4 members (excludes halogenated alkanes) is 1. The number of benzene rings is 1. The number of pyridine rings is 1. The fourth-order valence-electron chi connectivity index (χ4n) is 4.38. The highest BCUT2D eigenvalue weighted by Crippen LogP contribution is 2.29. The van der Waals surface area contributed by atoms with Gasteiger partial charge in [-0.2, -0.15) is 0 Å². The molecule has 2 aliphatic rings. The lowest BCUT2D eigenvalue weighted by molar-refractivity contribution is 0.0330. The molecule has 6 nitrogen and oxygen atoms in total. The van der Waals surface area contributed by atoms with Gasteiger partial charge in [-0.3, -0.25) is 14.7 Å². The number of hydrogen-bond acceptors (Lipinski definition) is 5. The zero-order chi connectivity index (χ0) is 19.0. The lowest BCUT2D eigenvalue weighted by Crippen LogP contribution is -2.60. The summed E-state index contributed by atoms with van der Waals surface area (Å²) in [5.41, 5.74) is 0.625. The van der Waals surface area contributed by atoms with Gasteiger partial charge in [0.1, 0.15) is 0 Å². The molecule has 0 unspecified atom stereocenters. The van der Waals surface area contributed by atoms with Crippen LogP contribution in [0.3, 0.4) is 0 Å². The van der Waals surface area contributed by atoms with Crippen LogP contribution in [-0.2, 0) is 9.84 Å². The first-order chi connectivity index (χ1) is 13.0. The Kier molecular flexibility index (Phi) is 4.90. The molecule has 0 N–H and O–H groups in total. The van der Waals surface area contributed by atoms with Crippen molar-refractivity contribution in [2.24, 2.45) is 0 Å². The Balaban J connectivity index is 1.66. The molecule has 0 bridgehead atoms. The van der Waals surface area contributed by atoms with Crippen LogP contribution < -0.4 is 0 Å². The highest BCUT2D eigenvalue weighted by atomic mass is 32.2. The van der Waals surface area contributed by atoms with E-state index in [0.717, 1.165) is 36.7 Å². The van der Waals surface area contributed by atoms with E-state index in [2.05, 4.69) is 16.8 Å². The first kappa shape index (κ1) is 18.4. The Labute approximate surface area is 160 Å². The van der Waals surface area contributed by atoms with Gasteiger partial charge in [0.2, 0.25) is 0 Å². The lowest BCUT2D eigenvalue weighted by Gasteiger charge is -2.44. The summed E-state index contributed by atoms with van der Waals surface area (Å²) in [5.74, 6) is 0.150. The topological polar surface area (TPSA) is 70.6 Å². The average molecular weight is 388 g/mol. The van der Waals surface area contributed by atoms with Crippen LogP contribution in [0.15, 0.2) is 36.7 Å². The number of carbonyl (C=O) groups is 1. The molecule has 0 spiro atoms. The first-order valence-electron chi connectivity index (χ1n) is 9.58. The molecule has 1 aromatic carbocycles. The molecule has 7 heteroatoms. The van der Waals surface area contributed by atoms with Crippen LogP contribution in [0.1, 0.15) is 30.1 Å². The van der Waals surface area contributed by atoms with Crippen molar-refractivity contribution in [1.82, 2.24) is 14.8 Å². The normalized spacial score (nSPS) is 24.9. The van der Waals surface area contributed by atoms with E-state index in [1.54, 1.807) is 17.3 Å². The number of aromatic nitrogens is 1. The van der Waals surface area contributed by atoms with E-state index in [1.807, 2.05) is 24.3 Å². The fraction of sp³-hybridized carbons (Fsp3) is 0.500. The van der Waals surface area contributed by atoms with E-state index in [4.69, 9.17) is 0 Å². The van der Waals surface area contributed by atoms with Gasteiger partial charge >= 0.3 is 0 Å². The highest BCUT2D eigenvalue weighted by molar-refractivity contribution is 7.91. The molecule has 1 aromatic heterocycles. The van der Waals surface area contributed by atoms with Crippen LogP contribution in [-0.4, -0.2) is 72.3 Å². The Hall–Kier alpha value is -1.99. The highest BCUT2D eigenvalue weighted by Gasteiger charge is 2.47. The van der Waals surface area contributed by atoms with Gasteiger partial charge in [-0.15, -0.1) is 0 Å². The Morgan fingerprint density at radius 2 is 2.00 bits per heavy atom. The predicted molar refractivity (Wildman–Crippen MR) is 105 cm³/mol.